The van der Waals surface area contributed by atoms with Gasteiger partial charge in [-0.1, -0.05) is 25.1 Å². The molecule has 0 atom stereocenters. The molecule has 1 aromatic heterocycles. The van der Waals surface area contributed by atoms with Crippen molar-refractivity contribution in [3.63, 3.8) is 0 Å². The SMILES string of the molecule is CCCOCC(=O)c1cccc2cnccc12. The van der Waals surface area contributed by atoms with Crippen molar-refractivity contribution in [3.05, 3.63) is 42.2 Å². The number of fused-ring (bicyclic) bond motifs is 1. The van der Waals surface area contributed by atoms with Crippen LogP contribution in [0.4, 0.5) is 0 Å². The molecule has 3 heteroatoms. The van der Waals surface area contributed by atoms with Gasteiger partial charge in [-0.2, -0.15) is 0 Å². The minimum absolute atomic E-state index is 0.0234. The van der Waals surface area contributed by atoms with E-state index in [1.807, 2.05) is 31.2 Å². The van der Waals surface area contributed by atoms with Crippen LogP contribution in [0.1, 0.15) is 23.7 Å². The van der Waals surface area contributed by atoms with Crippen LogP contribution in [0, 0.1) is 0 Å². The highest BCUT2D eigenvalue weighted by molar-refractivity contribution is 6.08. The summed E-state index contributed by atoms with van der Waals surface area (Å²) in [5.41, 5.74) is 0.709. The quantitative estimate of drug-likeness (QED) is 0.584. The molecule has 0 fully saturated rings. The Balaban J connectivity index is 2.26. The van der Waals surface area contributed by atoms with Gasteiger partial charge in [-0.05, 0) is 17.9 Å². The van der Waals surface area contributed by atoms with E-state index in [-0.39, 0.29) is 12.4 Å². The highest BCUT2D eigenvalue weighted by Gasteiger charge is 2.09. The first-order chi connectivity index (χ1) is 8.33. The molecule has 0 radical (unpaired) electrons. The summed E-state index contributed by atoms with van der Waals surface area (Å²) in [5, 5.41) is 1.92. The smallest absolute Gasteiger partial charge is 0.189 e. The van der Waals surface area contributed by atoms with Gasteiger partial charge in [-0.15, -0.1) is 0 Å². The van der Waals surface area contributed by atoms with Crippen LogP contribution in [0.25, 0.3) is 10.8 Å². The number of hydrogen-bond acceptors (Lipinski definition) is 3. The molecule has 0 aliphatic carbocycles. The van der Waals surface area contributed by atoms with E-state index < -0.39 is 0 Å². The molecule has 1 heterocycles. The topological polar surface area (TPSA) is 39.2 Å². The number of aromatic nitrogens is 1. The van der Waals surface area contributed by atoms with Crippen molar-refractivity contribution in [3.8, 4) is 0 Å². The molecular formula is C14H15NO2. The largest absolute Gasteiger partial charge is 0.373 e. The molecule has 3 nitrogen and oxygen atoms in total. The van der Waals surface area contributed by atoms with Gasteiger partial charge in [0.1, 0.15) is 6.61 Å². The first-order valence-corrected chi connectivity index (χ1v) is 5.76. The molecule has 17 heavy (non-hydrogen) atoms. The van der Waals surface area contributed by atoms with E-state index in [1.165, 1.54) is 0 Å². The fourth-order valence-electron chi connectivity index (χ4n) is 1.75. The monoisotopic (exact) mass is 229 g/mol. The molecule has 0 saturated heterocycles. The predicted molar refractivity (Wildman–Crippen MR) is 67.2 cm³/mol. The fourth-order valence-corrected chi connectivity index (χ4v) is 1.75. The number of nitrogens with zero attached hydrogens (tertiary/aromatic N) is 1. The van der Waals surface area contributed by atoms with Crippen molar-refractivity contribution in [1.29, 1.82) is 0 Å². The minimum Gasteiger partial charge on any atom is -0.373 e. The van der Waals surface area contributed by atoms with Crippen molar-refractivity contribution in [2.45, 2.75) is 13.3 Å². The molecule has 0 bridgehead atoms. The summed E-state index contributed by atoms with van der Waals surface area (Å²) in [7, 11) is 0. The van der Waals surface area contributed by atoms with Crippen molar-refractivity contribution in [2.24, 2.45) is 0 Å². The normalized spacial score (nSPS) is 10.6. The van der Waals surface area contributed by atoms with E-state index in [0.717, 1.165) is 17.2 Å². The zero-order valence-electron chi connectivity index (χ0n) is 9.85. The van der Waals surface area contributed by atoms with Crippen LogP contribution in [0.15, 0.2) is 36.7 Å². The maximum absolute atomic E-state index is 12.0. The second-order valence-corrected chi connectivity index (χ2v) is 3.88. The summed E-state index contributed by atoms with van der Waals surface area (Å²) in [6, 6.07) is 7.52. The number of rotatable bonds is 5. The van der Waals surface area contributed by atoms with Crippen LogP contribution < -0.4 is 0 Å². The summed E-state index contributed by atoms with van der Waals surface area (Å²) in [6.45, 7) is 2.79. The van der Waals surface area contributed by atoms with Crippen LogP contribution in [0.3, 0.4) is 0 Å². The van der Waals surface area contributed by atoms with Crippen LogP contribution in [-0.2, 0) is 4.74 Å². The number of carbonyl (C=O) groups excluding carboxylic acids is 1. The number of hydrogen-bond donors (Lipinski definition) is 0. The summed E-state index contributed by atoms with van der Waals surface area (Å²) >= 11 is 0. The second kappa shape index (κ2) is 5.55. The molecule has 2 rings (SSSR count). The molecule has 0 unspecified atom stereocenters. The lowest BCUT2D eigenvalue weighted by Gasteiger charge is -2.05. The summed E-state index contributed by atoms with van der Waals surface area (Å²) < 4.78 is 5.28. The van der Waals surface area contributed by atoms with Crippen LogP contribution in [-0.4, -0.2) is 24.0 Å². The van der Waals surface area contributed by atoms with Gasteiger partial charge >= 0.3 is 0 Å². The summed E-state index contributed by atoms with van der Waals surface area (Å²) in [4.78, 5) is 16.0. The predicted octanol–water partition coefficient (Wildman–Crippen LogP) is 2.84. The van der Waals surface area contributed by atoms with Gasteiger partial charge < -0.3 is 4.74 Å². The highest BCUT2D eigenvalue weighted by atomic mass is 16.5. The van der Waals surface area contributed by atoms with Crippen molar-refractivity contribution in [1.82, 2.24) is 4.98 Å². The summed E-state index contributed by atoms with van der Waals surface area (Å²) in [5.74, 6) is 0.0234. The molecule has 0 amide bonds. The number of carbonyl (C=O) groups is 1. The van der Waals surface area contributed by atoms with Gasteiger partial charge in [-0.25, -0.2) is 0 Å². The van der Waals surface area contributed by atoms with Gasteiger partial charge in [0, 0.05) is 30.0 Å². The Morgan fingerprint density at radius 1 is 1.35 bits per heavy atom. The van der Waals surface area contributed by atoms with Gasteiger partial charge in [-0.3, -0.25) is 9.78 Å². The molecule has 0 saturated carbocycles. The van der Waals surface area contributed by atoms with E-state index in [0.29, 0.717) is 12.2 Å². The number of pyridine rings is 1. The molecular weight excluding hydrogens is 214 g/mol. The average Bonchev–Trinajstić information content (AvgIpc) is 2.38. The second-order valence-electron chi connectivity index (χ2n) is 3.88. The third-order valence-corrected chi connectivity index (χ3v) is 2.56. The first kappa shape index (κ1) is 11.7. The van der Waals surface area contributed by atoms with Crippen molar-refractivity contribution < 1.29 is 9.53 Å². The molecule has 0 aliphatic rings. The Hall–Kier alpha value is -1.74. The van der Waals surface area contributed by atoms with E-state index in [2.05, 4.69) is 4.98 Å². The molecule has 0 aliphatic heterocycles. The Morgan fingerprint density at radius 3 is 3.06 bits per heavy atom. The van der Waals surface area contributed by atoms with Gasteiger partial charge in [0.2, 0.25) is 0 Å². The number of benzene rings is 1. The maximum Gasteiger partial charge on any atom is 0.189 e. The highest BCUT2D eigenvalue weighted by Crippen LogP contribution is 2.17. The Labute approximate surface area is 100 Å². The maximum atomic E-state index is 12.0. The zero-order chi connectivity index (χ0) is 12.1. The average molecular weight is 229 g/mol. The fraction of sp³-hybridized carbons (Fsp3) is 0.286. The zero-order valence-corrected chi connectivity index (χ0v) is 9.85. The van der Waals surface area contributed by atoms with Gasteiger partial charge in [0.25, 0.3) is 0 Å². The van der Waals surface area contributed by atoms with E-state index >= 15 is 0 Å². The molecule has 1 aromatic carbocycles. The van der Waals surface area contributed by atoms with Gasteiger partial charge in [0.05, 0.1) is 0 Å². The Kier molecular flexibility index (Phi) is 3.83. The molecule has 2 aromatic rings. The van der Waals surface area contributed by atoms with Crippen LogP contribution in [0.2, 0.25) is 0 Å². The van der Waals surface area contributed by atoms with Gasteiger partial charge in [0.15, 0.2) is 5.78 Å². The first-order valence-electron chi connectivity index (χ1n) is 5.76. The Morgan fingerprint density at radius 2 is 2.24 bits per heavy atom. The lowest BCUT2D eigenvalue weighted by atomic mass is 10.0. The van der Waals surface area contributed by atoms with E-state index in [9.17, 15) is 4.79 Å². The number of ether oxygens (including phenoxy) is 1. The number of ketones is 1. The molecule has 0 N–H and O–H groups in total. The lowest BCUT2D eigenvalue weighted by Crippen LogP contribution is -2.10. The molecule has 0 spiro atoms. The summed E-state index contributed by atoms with van der Waals surface area (Å²) in [6.07, 6.45) is 4.39. The van der Waals surface area contributed by atoms with Crippen molar-refractivity contribution in [2.75, 3.05) is 13.2 Å². The minimum atomic E-state index is 0.0234. The standard InChI is InChI=1S/C14H15NO2/c1-2-8-17-10-14(16)13-5-3-4-11-9-15-7-6-12(11)13/h3-7,9H,2,8,10H2,1H3. The Bertz CT molecular complexity index is 517. The van der Waals surface area contributed by atoms with Crippen LogP contribution in [0.5, 0.6) is 0 Å². The number of Topliss-reactive ketones (excluding diaryl/α,β-unsaturated/α-hetero) is 1. The lowest BCUT2D eigenvalue weighted by molar-refractivity contribution is 0.0763. The van der Waals surface area contributed by atoms with E-state index in [1.54, 1.807) is 12.4 Å². The third-order valence-electron chi connectivity index (χ3n) is 2.56. The van der Waals surface area contributed by atoms with Crippen molar-refractivity contribution >= 4 is 16.6 Å². The molecule has 88 valence electrons. The van der Waals surface area contributed by atoms with Crippen LogP contribution >= 0.6 is 0 Å². The third kappa shape index (κ3) is 2.68. The van der Waals surface area contributed by atoms with E-state index in [4.69, 9.17) is 4.74 Å².